The first-order valence-corrected chi connectivity index (χ1v) is 8.28. The lowest BCUT2D eigenvalue weighted by molar-refractivity contribution is -0.132. The summed E-state index contributed by atoms with van der Waals surface area (Å²) >= 11 is 1.88. The van der Waals surface area contributed by atoms with E-state index in [1.807, 2.05) is 36.6 Å². The highest BCUT2D eigenvalue weighted by Crippen LogP contribution is 2.26. The average molecular weight is 292 g/mol. The molecule has 1 fully saturated rings. The second-order valence-corrected chi connectivity index (χ2v) is 6.93. The fourth-order valence-electron chi connectivity index (χ4n) is 2.40. The van der Waals surface area contributed by atoms with E-state index < -0.39 is 0 Å². The number of hydrogen-bond donors (Lipinski definition) is 1. The van der Waals surface area contributed by atoms with Crippen LogP contribution in [0, 0.1) is 11.8 Å². The molecule has 2 rings (SSSR count). The van der Waals surface area contributed by atoms with Crippen molar-refractivity contribution in [3.8, 4) is 0 Å². The Labute approximate surface area is 125 Å². The van der Waals surface area contributed by atoms with Gasteiger partial charge in [-0.05, 0) is 30.4 Å². The first-order chi connectivity index (χ1) is 9.58. The molecule has 0 bridgehead atoms. The third kappa shape index (κ3) is 4.00. The zero-order valence-electron chi connectivity index (χ0n) is 12.3. The van der Waals surface area contributed by atoms with Crippen LogP contribution in [0.4, 0.5) is 0 Å². The van der Waals surface area contributed by atoms with Crippen LogP contribution in [0.5, 0.6) is 0 Å². The van der Waals surface area contributed by atoms with Crippen LogP contribution in [0.3, 0.4) is 0 Å². The molecule has 1 amide bonds. The smallest absolute Gasteiger partial charge is 0.239 e. The van der Waals surface area contributed by atoms with Crippen LogP contribution in [0.2, 0.25) is 0 Å². The summed E-state index contributed by atoms with van der Waals surface area (Å²) in [7, 11) is 0. The van der Waals surface area contributed by atoms with Gasteiger partial charge in [-0.2, -0.15) is 0 Å². The summed E-state index contributed by atoms with van der Waals surface area (Å²) in [6, 6.07) is 10.1. The largest absolute Gasteiger partial charge is 0.341 e. The molecule has 1 aliphatic heterocycles. The summed E-state index contributed by atoms with van der Waals surface area (Å²) in [4.78, 5) is 15.4. The molecule has 1 heterocycles. The van der Waals surface area contributed by atoms with Crippen molar-refractivity contribution in [1.29, 1.82) is 0 Å². The lowest BCUT2D eigenvalue weighted by Crippen LogP contribution is -2.45. The van der Waals surface area contributed by atoms with Gasteiger partial charge in [0.05, 0.1) is 6.04 Å². The molecule has 0 aromatic heterocycles. The SMILES string of the molecule is CC(C)[C@H](N)C(=O)N1CCC(CSc2ccccc2)C1. The fourth-order valence-corrected chi connectivity index (χ4v) is 3.45. The number of carbonyl (C=O) groups is 1. The molecular formula is C16H24N2OS. The molecule has 110 valence electrons. The summed E-state index contributed by atoms with van der Waals surface area (Å²) in [6.07, 6.45) is 1.09. The summed E-state index contributed by atoms with van der Waals surface area (Å²) < 4.78 is 0. The summed E-state index contributed by atoms with van der Waals surface area (Å²) in [5.41, 5.74) is 5.95. The number of nitrogens with two attached hydrogens (primary N) is 1. The van der Waals surface area contributed by atoms with E-state index in [4.69, 9.17) is 5.73 Å². The fraction of sp³-hybridized carbons (Fsp3) is 0.562. The van der Waals surface area contributed by atoms with E-state index in [1.54, 1.807) is 0 Å². The van der Waals surface area contributed by atoms with Crippen molar-refractivity contribution in [1.82, 2.24) is 4.90 Å². The lowest BCUT2D eigenvalue weighted by atomic mass is 10.0. The first-order valence-electron chi connectivity index (χ1n) is 7.30. The van der Waals surface area contributed by atoms with Gasteiger partial charge in [-0.25, -0.2) is 0 Å². The van der Waals surface area contributed by atoms with Gasteiger partial charge in [0.1, 0.15) is 0 Å². The Hall–Kier alpha value is -1.00. The molecule has 0 saturated carbocycles. The van der Waals surface area contributed by atoms with E-state index in [0.29, 0.717) is 5.92 Å². The van der Waals surface area contributed by atoms with E-state index in [0.717, 1.165) is 25.3 Å². The van der Waals surface area contributed by atoms with E-state index in [2.05, 4.69) is 24.3 Å². The predicted molar refractivity (Wildman–Crippen MR) is 84.7 cm³/mol. The second kappa shape index (κ2) is 7.14. The van der Waals surface area contributed by atoms with Crippen LogP contribution >= 0.6 is 11.8 Å². The van der Waals surface area contributed by atoms with E-state index >= 15 is 0 Å². The monoisotopic (exact) mass is 292 g/mol. The van der Waals surface area contributed by atoms with Crippen LogP contribution in [0.1, 0.15) is 20.3 Å². The molecule has 1 aromatic carbocycles. The van der Waals surface area contributed by atoms with E-state index in [9.17, 15) is 4.79 Å². The molecule has 20 heavy (non-hydrogen) atoms. The minimum Gasteiger partial charge on any atom is -0.341 e. The van der Waals surface area contributed by atoms with Gasteiger partial charge in [0, 0.05) is 23.7 Å². The molecule has 0 aliphatic carbocycles. The Morgan fingerprint density at radius 1 is 1.40 bits per heavy atom. The van der Waals surface area contributed by atoms with Gasteiger partial charge in [0.25, 0.3) is 0 Å². The maximum atomic E-state index is 12.2. The Morgan fingerprint density at radius 3 is 2.75 bits per heavy atom. The number of hydrogen-bond acceptors (Lipinski definition) is 3. The van der Waals surface area contributed by atoms with Gasteiger partial charge >= 0.3 is 0 Å². The van der Waals surface area contributed by atoms with Crippen molar-refractivity contribution in [3.05, 3.63) is 30.3 Å². The zero-order valence-corrected chi connectivity index (χ0v) is 13.1. The van der Waals surface area contributed by atoms with Crippen LogP contribution < -0.4 is 5.73 Å². The van der Waals surface area contributed by atoms with Gasteiger partial charge in [0.15, 0.2) is 0 Å². The maximum absolute atomic E-state index is 12.2. The number of carbonyl (C=O) groups excluding carboxylic acids is 1. The van der Waals surface area contributed by atoms with Crippen molar-refractivity contribution >= 4 is 17.7 Å². The molecular weight excluding hydrogens is 268 g/mol. The molecule has 0 radical (unpaired) electrons. The third-order valence-electron chi connectivity index (χ3n) is 3.83. The highest BCUT2D eigenvalue weighted by molar-refractivity contribution is 7.99. The van der Waals surface area contributed by atoms with E-state index in [-0.39, 0.29) is 17.9 Å². The van der Waals surface area contributed by atoms with Crippen LogP contribution in [0.15, 0.2) is 35.2 Å². The summed E-state index contributed by atoms with van der Waals surface area (Å²) in [5, 5.41) is 0. The highest BCUT2D eigenvalue weighted by atomic mass is 32.2. The van der Waals surface area contributed by atoms with Crippen molar-refractivity contribution in [2.45, 2.75) is 31.2 Å². The van der Waals surface area contributed by atoms with Gasteiger partial charge in [-0.3, -0.25) is 4.79 Å². The number of benzene rings is 1. The third-order valence-corrected chi connectivity index (χ3v) is 5.07. The zero-order chi connectivity index (χ0) is 14.5. The quantitative estimate of drug-likeness (QED) is 0.849. The standard InChI is InChI=1S/C16H24N2OS/c1-12(2)15(17)16(19)18-9-8-13(10-18)11-20-14-6-4-3-5-7-14/h3-7,12-13,15H,8-11,17H2,1-2H3/t13?,15-/m0/s1. The van der Waals surface area contributed by atoms with Crippen LogP contribution in [-0.4, -0.2) is 35.7 Å². The number of likely N-dealkylation sites (tertiary alicyclic amines) is 1. The van der Waals surface area contributed by atoms with Crippen LogP contribution in [0.25, 0.3) is 0 Å². The normalized spacial score (nSPS) is 20.4. The molecule has 1 unspecified atom stereocenters. The van der Waals surface area contributed by atoms with Crippen LogP contribution in [-0.2, 0) is 4.79 Å². The van der Waals surface area contributed by atoms with Crippen molar-refractivity contribution < 1.29 is 4.79 Å². The topological polar surface area (TPSA) is 46.3 Å². The number of thioether (sulfide) groups is 1. The molecule has 4 heteroatoms. The average Bonchev–Trinajstić information content (AvgIpc) is 2.93. The highest BCUT2D eigenvalue weighted by Gasteiger charge is 2.30. The Bertz CT molecular complexity index is 435. The molecule has 2 atom stereocenters. The van der Waals surface area contributed by atoms with E-state index in [1.165, 1.54) is 4.90 Å². The summed E-state index contributed by atoms with van der Waals surface area (Å²) in [5.74, 6) is 1.99. The number of nitrogens with zero attached hydrogens (tertiary/aromatic N) is 1. The van der Waals surface area contributed by atoms with Gasteiger partial charge in [-0.15, -0.1) is 11.8 Å². The number of amides is 1. The molecule has 0 spiro atoms. The first kappa shape index (κ1) is 15.4. The molecule has 2 N–H and O–H groups in total. The van der Waals surface area contributed by atoms with Crippen molar-refractivity contribution in [2.24, 2.45) is 17.6 Å². The van der Waals surface area contributed by atoms with Crippen molar-refractivity contribution in [2.75, 3.05) is 18.8 Å². The lowest BCUT2D eigenvalue weighted by Gasteiger charge is -2.23. The second-order valence-electron chi connectivity index (χ2n) is 5.83. The molecule has 1 saturated heterocycles. The maximum Gasteiger partial charge on any atom is 0.239 e. The number of rotatable bonds is 5. The predicted octanol–water partition coefficient (Wildman–Crippen LogP) is 2.61. The minimum absolute atomic E-state index is 0.118. The minimum atomic E-state index is -0.351. The van der Waals surface area contributed by atoms with Gasteiger partial charge in [-0.1, -0.05) is 32.0 Å². The Morgan fingerprint density at radius 2 is 2.10 bits per heavy atom. The molecule has 3 nitrogen and oxygen atoms in total. The molecule has 1 aliphatic rings. The Kier molecular flexibility index (Phi) is 5.49. The van der Waals surface area contributed by atoms with Gasteiger partial charge in [0.2, 0.25) is 5.91 Å². The summed E-state index contributed by atoms with van der Waals surface area (Å²) in [6.45, 7) is 5.72. The Balaban J connectivity index is 1.79. The van der Waals surface area contributed by atoms with Gasteiger partial charge < -0.3 is 10.6 Å². The molecule has 1 aromatic rings. The van der Waals surface area contributed by atoms with Crippen molar-refractivity contribution in [3.63, 3.8) is 0 Å².